The number of hydrogen-bond acceptors (Lipinski definition) is 4. The zero-order valence-electron chi connectivity index (χ0n) is 14.4. The van der Waals surface area contributed by atoms with Gasteiger partial charge in [-0.25, -0.2) is 0 Å². The summed E-state index contributed by atoms with van der Waals surface area (Å²) in [6.45, 7) is 3.04. The average molecular weight is 376 g/mol. The molecule has 0 radical (unpaired) electrons. The zero-order chi connectivity index (χ0) is 18.4. The van der Waals surface area contributed by atoms with Crippen LogP contribution in [-0.4, -0.2) is 42.2 Å². The van der Waals surface area contributed by atoms with Crippen LogP contribution >= 0.6 is 11.6 Å². The van der Waals surface area contributed by atoms with Crippen molar-refractivity contribution in [3.63, 3.8) is 0 Å². The number of carboxylic acid groups (broad SMARTS) is 1. The minimum absolute atomic E-state index is 0.0461. The third-order valence-corrected chi connectivity index (χ3v) is 4.77. The first-order valence-corrected chi connectivity index (χ1v) is 9.01. The summed E-state index contributed by atoms with van der Waals surface area (Å²) < 4.78 is 11.6. The third kappa shape index (κ3) is 5.21. The van der Waals surface area contributed by atoms with Crippen molar-refractivity contribution in [3.8, 4) is 5.75 Å². The fourth-order valence-electron chi connectivity index (χ4n) is 2.92. The van der Waals surface area contributed by atoms with E-state index in [9.17, 15) is 4.79 Å². The van der Waals surface area contributed by atoms with Crippen molar-refractivity contribution < 1.29 is 19.4 Å². The first kappa shape index (κ1) is 18.7. The molecule has 3 rings (SSSR count). The van der Waals surface area contributed by atoms with E-state index < -0.39 is 5.97 Å². The largest absolute Gasteiger partial charge is 0.489 e. The molecule has 0 saturated carbocycles. The van der Waals surface area contributed by atoms with Crippen LogP contribution in [0, 0.1) is 0 Å². The molecule has 1 fully saturated rings. The van der Waals surface area contributed by atoms with E-state index in [0.29, 0.717) is 31.3 Å². The van der Waals surface area contributed by atoms with E-state index in [-0.39, 0.29) is 12.5 Å². The molecule has 0 amide bonds. The van der Waals surface area contributed by atoms with Crippen LogP contribution in [0.15, 0.2) is 48.5 Å². The summed E-state index contributed by atoms with van der Waals surface area (Å²) in [7, 11) is 0. The summed E-state index contributed by atoms with van der Waals surface area (Å²) in [6.07, 6.45) is 0.108. The Kier molecular flexibility index (Phi) is 6.50. The SMILES string of the molecule is O=C(O)CCN1CCO[C@@H](c2ccc(OCc3ccccc3Cl)cc2)C1. The van der Waals surface area contributed by atoms with Gasteiger partial charge in [-0.3, -0.25) is 9.69 Å². The van der Waals surface area contributed by atoms with Gasteiger partial charge in [-0.15, -0.1) is 0 Å². The van der Waals surface area contributed by atoms with Gasteiger partial charge in [-0.2, -0.15) is 0 Å². The van der Waals surface area contributed by atoms with Crippen molar-refractivity contribution >= 4 is 17.6 Å². The highest BCUT2D eigenvalue weighted by atomic mass is 35.5. The molecule has 0 unspecified atom stereocenters. The Morgan fingerprint density at radius 2 is 2.00 bits per heavy atom. The molecule has 26 heavy (non-hydrogen) atoms. The number of carboxylic acids is 1. The van der Waals surface area contributed by atoms with E-state index in [0.717, 1.165) is 23.4 Å². The molecule has 1 aliphatic rings. The Morgan fingerprint density at radius 1 is 1.23 bits per heavy atom. The summed E-state index contributed by atoms with van der Waals surface area (Å²) in [5.74, 6) is 0.000255. The zero-order valence-corrected chi connectivity index (χ0v) is 15.2. The highest BCUT2D eigenvalue weighted by Crippen LogP contribution is 2.25. The van der Waals surface area contributed by atoms with Gasteiger partial charge in [0.1, 0.15) is 12.4 Å². The Morgan fingerprint density at radius 3 is 2.73 bits per heavy atom. The van der Waals surface area contributed by atoms with Crippen LogP contribution in [0.25, 0.3) is 0 Å². The molecule has 0 bridgehead atoms. The Hall–Kier alpha value is -2.08. The first-order chi connectivity index (χ1) is 12.6. The number of halogens is 1. The van der Waals surface area contributed by atoms with Crippen LogP contribution in [0.2, 0.25) is 5.02 Å². The van der Waals surface area contributed by atoms with Crippen molar-refractivity contribution in [2.24, 2.45) is 0 Å². The molecule has 1 N–H and O–H groups in total. The van der Waals surface area contributed by atoms with Gasteiger partial charge in [-0.1, -0.05) is 41.9 Å². The molecule has 1 saturated heterocycles. The quantitative estimate of drug-likeness (QED) is 0.798. The van der Waals surface area contributed by atoms with Crippen molar-refractivity contribution in [1.29, 1.82) is 0 Å². The standard InChI is InChI=1S/C20H22ClNO4/c21-18-4-2-1-3-16(18)14-26-17-7-5-15(6-8-17)19-13-22(11-12-25-19)10-9-20(23)24/h1-8,19H,9-14H2,(H,23,24)/t19-/m1/s1. The number of ether oxygens (including phenoxy) is 2. The molecule has 5 nitrogen and oxygen atoms in total. The van der Waals surface area contributed by atoms with E-state index in [1.54, 1.807) is 0 Å². The molecule has 0 aliphatic carbocycles. The molecule has 0 aromatic heterocycles. The first-order valence-electron chi connectivity index (χ1n) is 8.64. The predicted molar refractivity (Wildman–Crippen MR) is 99.6 cm³/mol. The third-order valence-electron chi connectivity index (χ3n) is 4.40. The lowest BCUT2D eigenvalue weighted by Gasteiger charge is -2.32. The van der Waals surface area contributed by atoms with Gasteiger partial charge in [0.2, 0.25) is 0 Å². The second kappa shape index (κ2) is 9.03. The normalized spacial score (nSPS) is 17.8. The second-order valence-electron chi connectivity index (χ2n) is 6.25. The topological polar surface area (TPSA) is 59.0 Å². The minimum Gasteiger partial charge on any atom is -0.489 e. The van der Waals surface area contributed by atoms with Crippen LogP contribution < -0.4 is 4.74 Å². The highest BCUT2D eigenvalue weighted by molar-refractivity contribution is 6.31. The van der Waals surface area contributed by atoms with E-state index in [1.807, 2.05) is 48.5 Å². The van der Waals surface area contributed by atoms with Gasteiger partial charge in [0.25, 0.3) is 0 Å². The van der Waals surface area contributed by atoms with Crippen LogP contribution in [0.3, 0.4) is 0 Å². The summed E-state index contributed by atoms with van der Waals surface area (Å²) in [5.41, 5.74) is 2.01. The minimum atomic E-state index is -0.770. The number of aliphatic carboxylic acids is 1. The number of rotatable bonds is 7. The molecule has 2 aromatic rings. The van der Waals surface area contributed by atoms with Crippen molar-refractivity contribution in [2.45, 2.75) is 19.1 Å². The van der Waals surface area contributed by atoms with E-state index >= 15 is 0 Å². The molecule has 6 heteroatoms. The molecular formula is C20H22ClNO4. The van der Waals surface area contributed by atoms with E-state index in [2.05, 4.69) is 4.90 Å². The Bertz CT molecular complexity index is 735. The second-order valence-corrected chi connectivity index (χ2v) is 6.66. The smallest absolute Gasteiger partial charge is 0.304 e. The van der Waals surface area contributed by atoms with Crippen molar-refractivity contribution in [2.75, 3.05) is 26.2 Å². The Balaban J connectivity index is 1.55. The van der Waals surface area contributed by atoms with E-state index in [4.69, 9.17) is 26.2 Å². The lowest BCUT2D eigenvalue weighted by atomic mass is 10.1. The summed E-state index contributed by atoms with van der Waals surface area (Å²) in [5, 5.41) is 9.52. The number of carbonyl (C=O) groups is 1. The van der Waals surface area contributed by atoms with Gasteiger partial charge in [0.05, 0.1) is 19.1 Å². The summed E-state index contributed by atoms with van der Waals surface area (Å²) in [4.78, 5) is 12.9. The number of nitrogens with zero attached hydrogens (tertiary/aromatic N) is 1. The highest BCUT2D eigenvalue weighted by Gasteiger charge is 2.22. The molecule has 2 aromatic carbocycles. The maximum atomic E-state index is 10.7. The number of hydrogen-bond donors (Lipinski definition) is 1. The fourth-order valence-corrected chi connectivity index (χ4v) is 3.11. The van der Waals surface area contributed by atoms with Crippen LogP contribution in [0.5, 0.6) is 5.75 Å². The molecule has 0 spiro atoms. The molecule has 1 atom stereocenters. The van der Waals surface area contributed by atoms with Crippen LogP contribution in [-0.2, 0) is 16.1 Å². The molecule has 1 aliphatic heterocycles. The lowest BCUT2D eigenvalue weighted by Crippen LogP contribution is -2.39. The van der Waals surface area contributed by atoms with E-state index in [1.165, 1.54) is 0 Å². The van der Waals surface area contributed by atoms with Gasteiger partial charge in [0, 0.05) is 30.2 Å². The van der Waals surface area contributed by atoms with Crippen molar-refractivity contribution in [3.05, 3.63) is 64.7 Å². The molecule has 1 heterocycles. The monoisotopic (exact) mass is 375 g/mol. The Labute approximate surface area is 158 Å². The fraction of sp³-hybridized carbons (Fsp3) is 0.350. The summed E-state index contributed by atoms with van der Waals surface area (Å²) >= 11 is 6.14. The number of morpholine rings is 1. The van der Waals surface area contributed by atoms with Gasteiger partial charge < -0.3 is 14.6 Å². The van der Waals surface area contributed by atoms with Crippen LogP contribution in [0.1, 0.15) is 23.7 Å². The van der Waals surface area contributed by atoms with Gasteiger partial charge in [-0.05, 0) is 23.8 Å². The number of benzene rings is 2. The lowest BCUT2D eigenvalue weighted by molar-refractivity contribution is -0.137. The van der Waals surface area contributed by atoms with Crippen molar-refractivity contribution in [1.82, 2.24) is 4.90 Å². The average Bonchev–Trinajstić information content (AvgIpc) is 2.66. The molecular weight excluding hydrogens is 354 g/mol. The predicted octanol–water partition coefficient (Wildman–Crippen LogP) is 3.77. The van der Waals surface area contributed by atoms with Crippen LogP contribution in [0.4, 0.5) is 0 Å². The van der Waals surface area contributed by atoms with Gasteiger partial charge >= 0.3 is 5.97 Å². The molecule has 138 valence electrons. The maximum Gasteiger partial charge on any atom is 0.304 e. The maximum absolute atomic E-state index is 10.7. The summed E-state index contributed by atoms with van der Waals surface area (Å²) in [6, 6.07) is 15.4. The van der Waals surface area contributed by atoms with Gasteiger partial charge in [0.15, 0.2) is 0 Å².